The molecule has 1 N–H and O–H groups in total. The summed E-state index contributed by atoms with van der Waals surface area (Å²) >= 11 is 12.6. The smallest absolute Gasteiger partial charge is 0.326 e. The summed E-state index contributed by atoms with van der Waals surface area (Å²) in [6.07, 6.45) is 1.55. The summed E-state index contributed by atoms with van der Waals surface area (Å²) in [5.74, 6) is -0.169. The maximum atomic E-state index is 11.4. The molecule has 29 heavy (non-hydrogen) atoms. The highest BCUT2D eigenvalue weighted by Gasteiger charge is 2.33. The molecule has 1 fully saturated rings. The topological polar surface area (TPSA) is 76.1 Å². The SMILES string of the molecule is O=CN1CCC(COc2c(Cl)cc(OCc3ccccc3)cc2Cl)CC1C(=O)O. The number of carbonyl (C=O) groups excluding carboxylic acids is 1. The average molecular weight is 438 g/mol. The van der Waals surface area contributed by atoms with E-state index in [9.17, 15) is 14.7 Å². The summed E-state index contributed by atoms with van der Waals surface area (Å²) in [6.45, 7) is 1.03. The van der Waals surface area contributed by atoms with Crippen molar-refractivity contribution in [1.82, 2.24) is 4.90 Å². The minimum absolute atomic E-state index is 0.0200. The van der Waals surface area contributed by atoms with E-state index in [1.165, 1.54) is 4.90 Å². The van der Waals surface area contributed by atoms with Gasteiger partial charge in [-0.25, -0.2) is 4.79 Å². The number of halogens is 2. The Morgan fingerprint density at radius 2 is 1.86 bits per heavy atom. The maximum Gasteiger partial charge on any atom is 0.326 e. The Hall–Kier alpha value is -2.44. The Morgan fingerprint density at radius 3 is 2.48 bits per heavy atom. The minimum Gasteiger partial charge on any atom is -0.490 e. The van der Waals surface area contributed by atoms with Crippen molar-refractivity contribution in [2.45, 2.75) is 25.5 Å². The zero-order chi connectivity index (χ0) is 20.8. The first-order chi connectivity index (χ1) is 14.0. The molecule has 3 rings (SSSR count). The van der Waals surface area contributed by atoms with Gasteiger partial charge in [-0.3, -0.25) is 4.79 Å². The highest BCUT2D eigenvalue weighted by molar-refractivity contribution is 6.37. The van der Waals surface area contributed by atoms with Crippen LogP contribution in [0.4, 0.5) is 0 Å². The van der Waals surface area contributed by atoms with E-state index in [1.54, 1.807) is 12.1 Å². The van der Waals surface area contributed by atoms with Crippen molar-refractivity contribution in [1.29, 1.82) is 0 Å². The van der Waals surface area contributed by atoms with Crippen LogP contribution in [0.15, 0.2) is 42.5 Å². The lowest BCUT2D eigenvalue weighted by Gasteiger charge is -2.34. The average Bonchev–Trinajstić information content (AvgIpc) is 2.72. The van der Waals surface area contributed by atoms with Crippen LogP contribution in [0.1, 0.15) is 18.4 Å². The molecule has 0 radical (unpaired) electrons. The van der Waals surface area contributed by atoms with Gasteiger partial charge in [-0.2, -0.15) is 0 Å². The second kappa shape index (κ2) is 9.85. The third-order valence-corrected chi connectivity index (χ3v) is 5.42. The van der Waals surface area contributed by atoms with Gasteiger partial charge in [0.1, 0.15) is 18.4 Å². The number of hydrogen-bond acceptors (Lipinski definition) is 4. The van der Waals surface area contributed by atoms with Crippen molar-refractivity contribution in [3.63, 3.8) is 0 Å². The summed E-state index contributed by atoms with van der Waals surface area (Å²) < 4.78 is 11.5. The predicted octanol–water partition coefficient (Wildman–Crippen LogP) is 4.27. The number of carboxylic acid groups (broad SMARTS) is 1. The van der Waals surface area contributed by atoms with Gasteiger partial charge in [0, 0.05) is 18.7 Å². The van der Waals surface area contributed by atoms with Crippen LogP contribution in [0.3, 0.4) is 0 Å². The van der Waals surface area contributed by atoms with Gasteiger partial charge >= 0.3 is 5.97 Å². The van der Waals surface area contributed by atoms with Gasteiger partial charge in [0.05, 0.1) is 16.7 Å². The normalized spacial score (nSPS) is 18.9. The van der Waals surface area contributed by atoms with E-state index in [-0.39, 0.29) is 12.5 Å². The summed E-state index contributed by atoms with van der Waals surface area (Å²) in [5, 5.41) is 9.94. The Labute approximate surface area is 178 Å². The van der Waals surface area contributed by atoms with E-state index in [1.807, 2.05) is 30.3 Å². The molecular weight excluding hydrogens is 417 g/mol. The molecule has 2 aromatic rings. The van der Waals surface area contributed by atoms with Crippen LogP contribution in [0, 0.1) is 5.92 Å². The Kier molecular flexibility index (Phi) is 7.23. The van der Waals surface area contributed by atoms with Crippen LogP contribution in [0.25, 0.3) is 0 Å². The van der Waals surface area contributed by atoms with E-state index >= 15 is 0 Å². The zero-order valence-corrected chi connectivity index (χ0v) is 17.1. The highest BCUT2D eigenvalue weighted by Crippen LogP contribution is 2.38. The van der Waals surface area contributed by atoms with Gasteiger partial charge in [0.15, 0.2) is 5.75 Å². The molecule has 1 amide bonds. The summed E-state index contributed by atoms with van der Waals surface area (Å²) in [5.41, 5.74) is 1.02. The fourth-order valence-corrected chi connectivity index (χ4v) is 3.85. The third kappa shape index (κ3) is 5.55. The highest BCUT2D eigenvalue weighted by atomic mass is 35.5. The largest absolute Gasteiger partial charge is 0.490 e. The van der Waals surface area contributed by atoms with Crippen LogP contribution in [-0.4, -0.2) is 41.6 Å². The number of aliphatic carboxylic acids is 1. The van der Waals surface area contributed by atoms with Gasteiger partial charge in [-0.1, -0.05) is 53.5 Å². The van der Waals surface area contributed by atoms with Gasteiger partial charge in [-0.15, -0.1) is 0 Å². The second-order valence-corrected chi connectivity index (χ2v) is 7.70. The first-order valence-corrected chi connectivity index (χ1v) is 9.96. The van der Waals surface area contributed by atoms with Crippen molar-refractivity contribution in [2.75, 3.05) is 13.2 Å². The van der Waals surface area contributed by atoms with E-state index in [4.69, 9.17) is 32.7 Å². The first-order valence-electron chi connectivity index (χ1n) is 9.20. The fraction of sp³-hybridized carbons (Fsp3) is 0.333. The molecule has 154 valence electrons. The van der Waals surface area contributed by atoms with Crippen molar-refractivity contribution < 1.29 is 24.2 Å². The number of nitrogens with zero attached hydrogens (tertiary/aromatic N) is 1. The van der Waals surface area contributed by atoms with E-state index in [2.05, 4.69) is 0 Å². The molecule has 6 nitrogen and oxygen atoms in total. The van der Waals surface area contributed by atoms with E-state index in [0.29, 0.717) is 53.9 Å². The molecule has 1 aliphatic rings. The van der Waals surface area contributed by atoms with Crippen molar-refractivity contribution >= 4 is 35.6 Å². The van der Waals surface area contributed by atoms with E-state index < -0.39 is 12.0 Å². The van der Waals surface area contributed by atoms with Crippen molar-refractivity contribution in [3.05, 3.63) is 58.1 Å². The molecule has 0 aliphatic carbocycles. The van der Waals surface area contributed by atoms with Crippen LogP contribution in [-0.2, 0) is 16.2 Å². The first kappa shape index (κ1) is 21.3. The Bertz CT molecular complexity index is 838. The lowest BCUT2D eigenvalue weighted by molar-refractivity contribution is -0.149. The van der Waals surface area contributed by atoms with Crippen molar-refractivity contribution in [3.8, 4) is 11.5 Å². The monoisotopic (exact) mass is 437 g/mol. The molecule has 0 aromatic heterocycles. The number of hydrogen-bond donors (Lipinski definition) is 1. The third-order valence-electron chi connectivity index (χ3n) is 4.86. The van der Waals surface area contributed by atoms with Crippen molar-refractivity contribution in [2.24, 2.45) is 5.92 Å². The van der Waals surface area contributed by atoms with Crippen LogP contribution >= 0.6 is 23.2 Å². The predicted molar refractivity (Wildman–Crippen MR) is 110 cm³/mol. The van der Waals surface area contributed by atoms with Crippen LogP contribution < -0.4 is 9.47 Å². The molecule has 2 aromatic carbocycles. The lowest BCUT2D eigenvalue weighted by atomic mass is 9.92. The van der Waals surface area contributed by atoms with Gasteiger partial charge < -0.3 is 19.5 Å². The number of likely N-dealkylation sites (tertiary alicyclic amines) is 1. The number of amides is 1. The summed E-state index contributed by atoms with van der Waals surface area (Å²) in [4.78, 5) is 23.7. The number of carboxylic acids is 1. The second-order valence-electron chi connectivity index (χ2n) is 6.89. The number of rotatable bonds is 8. The number of carbonyl (C=O) groups is 2. The quantitative estimate of drug-likeness (QED) is 0.623. The summed E-state index contributed by atoms with van der Waals surface area (Å²) in [6, 6.07) is 12.2. The number of ether oxygens (including phenoxy) is 2. The molecular formula is C21H21Cl2NO5. The molecule has 1 heterocycles. The lowest BCUT2D eigenvalue weighted by Crippen LogP contribution is -2.47. The molecule has 2 atom stereocenters. The van der Waals surface area contributed by atoms with Gasteiger partial charge in [0.25, 0.3) is 0 Å². The molecule has 0 bridgehead atoms. The Morgan fingerprint density at radius 1 is 1.17 bits per heavy atom. The van der Waals surface area contributed by atoms with Gasteiger partial charge in [0.2, 0.25) is 6.41 Å². The summed E-state index contributed by atoms with van der Waals surface area (Å²) in [7, 11) is 0. The molecule has 8 heteroatoms. The molecule has 1 saturated heterocycles. The fourth-order valence-electron chi connectivity index (χ4n) is 3.28. The molecule has 0 saturated carbocycles. The number of benzene rings is 2. The standard InChI is InChI=1S/C21H21Cl2NO5/c22-17-9-16(28-11-14-4-2-1-3-5-14)10-18(23)20(17)29-12-15-6-7-24(13-25)19(8-15)21(26)27/h1-5,9-10,13,15,19H,6-8,11-12H2,(H,26,27). The molecule has 0 spiro atoms. The molecule has 2 unspecified atom stereocenters. The number of piperidine rings is 1. The maximum absolute atomic E-state index is 11.4. The van der Waals surface area contributed by atoms with Crippen LogP contribution in [0.2, 0.25) is 10.0 Å². The molecule has 1 aliphatic heterocycles. The van der Waals surface area contributed by atoms with E-state index in [0.717, 1.165) is 5.56 Å². The van der Waals surface area contributed by atoms with Crippen LogP contribution in [0.5, 0.6) is 11.5 Å². The Balaban J connectivity index is 1.60. The zero-order valence-electron chi connectivity index (χ0n) is 15.6. The van der Waals surface area contributed by atoms with Gasteiger partial charge in [-0.05, 0) is 24.3 Å². The minimum atomic E-state index is -1.02.